The van der Waals surface area contributed by atoms with E-state index in [9.17, 15) is 0 Å². The van der Waals surface area contributed by atoms with Gasteiger partial charge in [-0.1, -0.05) is 0 Å². The van der Waals surface area contributed by atoms with Crippen LogP contribution in [-0.2, 0) is 4.74 Å². The number of hydrogen-bond acceptors (Lipinski definition) is 5. The van der Waals surface area contributed by atoms with Gasteiger partial charge < -0.3 is 19.7 Å². The number of anilines is 1. The molecule has 0 aliphatic carbocycles. The maximum absolute atomic E-state index is 9.03. The van der Waals surface area contributed by atoms with E-state index in [2.05, 4.69) is 9.88 Å². The average Bonchev–Trinajstić information content (AvgIpc) is 2.30. The Morgan fingerprint density at radius 3 is 2.73 bits per heavy atom. The first-order valence-electron chi connectivity index (χ1n) is 4.92. The van der Waals surface area contributed by atoms with Crippen molar-refractivity contribution in [1.29, 1.82) is 0 Å². The first-order chi connectivity index (χ1) is 7.27. The molecule has 0 amide bonds. The van der Waals surface area contributed by atoms with E-state index in [-0.39, 0.29) is 0 Å². The van der Waals surface area contributed by atoms with Gasteiger partial charge in [-0.3, -0.25) is 0 Å². The summed E-state index contributed by atoms with van der Waals surface area (Å²) in [5, 5.41) is 18.1. The van der Waals surface area contributed by atoms with Crippen molar-refractivity contribution in [2.75, 3.05) is 31.2 Å². The standard InChI is InChI=1S/C9H13BN2O3/c13-10(14)8-1-2-11-9(7-8)12-3-5-15-6-4-12/h1-2,7,13-14H,3-6H2. The highest BCUT2D eigenvalue weighted by Crippen LogP contribution is 2.09. The summed E-state index contributed by atoms with van der Waals surface area (Å²) >= 11 is 0. The summed E-state index contributed by atoms with van der Waals surface area (Å²) in [5.74, 6) is 0.768. The van der Waals surface area contributed by atoms with Crippen LogP contribution in [-0.4, -0.2) is 48.5 Å². The van der Waals surface area contributed by atoms with Gasteiger partial charge >= 0.3 is 7.12 Å². The topological polar surface area (TPSA) is 65.8 Å². The largest absolute Gasteiger partial charge is 0.488 e. The third kappa shape index (κ3) is 2.47. The second-order valence-corrected chi connectivity index (χ2v) is 3.42. The van der Waals surface area contributed by atoms with Gasteiger partial charge in [-0.2, -0.15) is 0 Å². The summed E-state index contributed by atoms with van der Waals surface area (Å²) in [6, 6.07) is 3.28. The van der Waals surface area contributed by atoms with Gasteiger partial charge in [0.2, 0.25) is 0 Å². The summed E-state index contributed by atoms with van der Waals surface area (Å²) < 4.78 is 5.23. The van der Waals surface area contributed by atoms with Crippen LogP contribution in [0.15, 0.2) is 18.3 Å². The van der Waals surface area contributed by atoms with Crippen LogP contribution >= 0.6 is 0 Å². The summed E-state index contributed by atoms with van der Waals surface area (Å²) in [7, 11) is -1.44. The van der Waals surface area contributed by atoms with Crippen LogP contribution in [0.25, 0.3) is 0 Å². The van der Waals surface area contributed by atoms with E-state index in [1.165, 1.54) is 0 Å². The van der Waals surface area contributed by atoms with Gasteiger partial charge in [0, 0.05) is 19.3 Å². The molecule has 1 aliphatic heterocycles. The molecule has 0 spiro atoms. The highest BCUT2D eigenvalue weighted by molar-refractivity contribution is 6.58. The van der Waals surface area contributed by atoms with Gasteiger partial charge in [-0.15, -0.1) is 0 Å². The lowest BCUT2D eigenvalue weighted by Crippen LogP contribution is -2.38. The molecule has 0 aromatic carbocycles. The van der Waals surface area contributed by atoms with Gasteiger partial charge in [0.15, 0.2) is 0 Å². The van der Waals surface area contributed by atoms with Crippen molar-refractivity contribution in [3.05, 3.63) is 18.3 Å². The fourth-order valence-corrected chi connectivity index (χ4v) is 1.56. The molecule has 1 fully saturated rings. The molecule has 1 aliphatic rings. The third-order valence-corrected chi connectivity index (χ3v) is 2.40. The van der Waals surface area contributed by atoms with Gasteiger partial charge in [0.1, 0.15) is 5.82 Å². The SMILES string of the molecule is OB(O)c1ccnc(N2CCOCC2)c1. The summed E-state index contributed by atoms with van der Waals surface area (Å²) in [6.45, 7) is 2.96. The van der Waals surface area contributed by atoms with Crippen molar-refractivity contribution in [2.24, 2.45) is 0 Å². The molecule has 5 nitrogen and oxygen atoms in total. The Kier molecular flexibility index (Phi) is 3.20. The molecule has 0 saturated carbocycles. The predicted molar refractivity (Wildman–Crippen MR) is 57.1 cm³/mol. The quantitative estimate of drug-likeness (QED) is 0.585. The molecule has 1 saturated heterocycles. The van der Waals surface area contributed by atoms with E-state index in [0.717, 1.165) is 18.9 Å². The van der Waals surface area contributed by atoms with Crippen molar-refractivity contribution < 1.29 is 14.8 Å². The molecular weight excluding hydrogens is 195 g/mol. The number of morpholine rings is 1. The van der Waals surface area contributed by atoms with Crippen LogP contribution in [0.1, 0.15) is 0 Å². The van der Waals surface area contributed by atoms with Crippen LogP contribution in [0.4, 0.5) is 5.82 Å². The smallest absolute Gasteiger partial charge is 0.423 e. The second-order valence-electron chi connectivity index (χ2n) is 3.42. The molecule has 2 rings (SSSR count). The van der Waals surface area contributed by atoms with Crippen LogP contribution in [0.2, 0.25) is 0 Å². The van der Waals surface area contributed by atoms with Crippen molar-refractivity contribution in [1.82, 2.24) is 4.98 Å². The Bertz CT molecular complexity index is 329. The Morgan fingerprint density at radius 1 is 1.33 bits per heavy atom. The molecule has 80 valence electrons. The molecule has 1 aromatic heterocycles. The van der Waals surface area contributed by atoms with Crippen LogP contribution in [0.3, 0.4) is 0 Å². The average molecular weight is 208 g/mol. The fraction of sp³-hybridized carbons (Fsp3) is 0.444. The number of pyridine rings is 1. The lowest BCUT2D eigenvalue weighted by Gasteiger charge is -2.27. The monoisotopic (exact) mass is 208 g/mol. The molecule has 0 atom stereocenters. The molecule has 1 aromatic rings. The first kappa shape index (κ1) is 10.4. The number of nitrogens with zero attached hydrogens (tertiary/aromatic N) is 2. The van der Waals surface area contributed by atoms with E-state index in [4.69, 9.17) is 14.8 Å². The molecule has 2 heterocycles. The third-order valence-electron chi connectivity index (χ3n) is 2.40. The minimum atomic E-state index is -1.44. The van der Waals surface area contributed by atoms with E-state index in [1.54, 1.807) is 18.3 Å². The second kappa shape index (κ2) is 4.61. The number of hydrogen-bond donors (Lipinski definition) is 2. The first-order valence-corrected chi connectivity index (χ1v) is 4.92. The van der Waals surface area contributed by atoms with E-state index in [1.807, 2.05) is 0 Å². The zero-order valence-electron chi connectivity index (χ0n) is 8.33. The van der Waals surface area contributed by atoms with Crippen molar-refractivity contribution in [3.63, 3.8) is 0 Å². The predicted octanol–water partition coefficient (Wildman–Crippen LogP) is -1.40. The summed E-state index contributed by atoms with van der Waals surface area (Å²) in [6.07, 6.45) is 1.58. The minimum absolute atomic E-state index is 0.464. The van der Waals surface area contributed by atoms with Gasteiger partial charge in [-0.05, 0) is 17.6 Å². The molecule has 0 radical (unpaired) electrons. The van der Waals surface area contributed by atoms with Gasteiger partial charge in [0.05, 0.1) is 13.2 Å². The maximum Gasteiger partial charge on any atom is 0.488 e. The fourth-order valence-electron chi connectivity index (χ4n) is 1.56. The molecule has 15 heavy (non-hydrogen) atoms. The summed E-state index contributed by atoms with van der Waals surface area (Å²) in [4.78, 5) is 6.26. The van der Waals surface area contributed by atoms with Crippen molar-refractivity contribution >= 4 is 18.4 Å². The number of aromatic nitrogens is 1. The Labute approximate surface area is 88.5 Å². The van der Waals surface area contributed by atoms with Crippen molar-refractivity contribution in [3.8, 4) is 0 Å². The highest BCUT2D eigenvalue weighted by Gasteiger charge is 2.16. The van der Waals surface area contributed by atoms with E-state index >= 15 is 0 Å². The summed E-state index contributed by atoms with van der Waals surface area (Å²) in [5.41, 5.74) is 0.464. The molecule has 0 unspecified atom stereocenters. The number of ether oxygens (including phenoxy) is 1. The molecular formula is C9H13BN2O3. The zero-order chi connectivity index (χ0) is 10.7. The van der Waals surface area contributed by atoms with Crippen LogP contribution < -0.4 is 10.4 Å². The maximum atomic E-state index is 9.03. The van der Waals surface area contributed by atoms with Crippen LogP contribution in [0.5, 0.6) is 0 Å². The Balaban J connectivity index is 2.16. The van der Waals surface area contributed by atoms with E-state index < -0.39 is 7.12 Å². The number of rotatable bonds is 2. The van der Waals surface area contributed by atoms with Gasteiger partial charge in [-0.25, -0.2) is 4.98 Å². The lowest BCUT2D eigenvalue weighted by atomic mass is 9.81. The van der Waals surface area contributed by atoms with E-state index in [0.29, 0.717) is 18.7 Å². The van der Waals surface area contributed by atoms with Crippen LogP contribution in [0, 0.1) is 0 Å². The normalized spacial score (nSPS) is 16.5. The minimum Gasteiger partial charge on any atom is -0.423 e. The van der Waals surface area contributed by atoms with Gasteiger partial charge in [0.25, 0.3) is 0 Å². The van der Waals surface area contributed by atoms with Crippen molar-refractivity contribution in [2.45, 2.75) is 0 Å². The lowest BCUT2D eigenvalue weighted by molar-refractivity contribution is 0.122. The zero-order valence-corrected chi connectivity index (χ0v) is 8.33. The molecule has 6 heteroatoms. The molecule has 2 N–H and O–H groups in total. The highest BCUT2D eigenvalue weighted by atomic mass is 16.5. The molecule has 0 bridgehead atoms. The Hall–Kier alpha value is -1.11. The Morgan fingerprint density at radius 2 is 2.07 bits per heavy atom.